The lowest BCUT2D eigenvalue weighted by Gasteiger charge is -2.04. The molecule has 3 nitrogen and oxygen atoms in total. The van der Waals surface area contributed by atoms with E-state index in [1.807, 2.05) is 0 Å². The van der Waals surface area contributed by atoms with Crippen molar-refractivity contribution in [2.45, 2.75) is 6.42 Å². The fraction of sp³-hybridized carbons (Fsp3) is 0.0833. The standard InChI is InChI=1S/C12H4Cl2N2O/c13-9-2-1-7-10(17)3-8(6(4-15)5-16)11(7)12(9)14/h1-2H,3H2. The monoisotopic (exact) mass is 262 g/mol. The number of Topliss-reactive ketones (excluding diaryl/α,β-unsaturated/α-hetero) is 1. The summed E-state index contributed by atoms with van der Waals surface area (Å²) in [6.45, 7) is 0. The smallest absolute Gasteiger partial charge is 0.167 e. The van der Waals surface area contributed by atoms with Crippen molar-refractivity contribution in [1.29, 1.82) is 10.5 Å². The summed E-state index contributed by atoms with van der Waals surface area (Å²) in [5.74, 6) is -0.156. The molecule has 2 rings (SSSR count). The number of allylic oxidation sites excluding steroid dienone is 2. The second-order valence-electron chi connectivity index (χ2n) is 3.46. The van der Waals surface area contributed by atoms with Crippen LogP contribution in [-0.2, 0) is 0 Å². The molecule has 0 saturated heterocycles. The number of nitrogens with zero attached hydrogens (tertiary/aromatic N) is 2. The average Bonchev–Trinajstić information content (AvgIpc) is 2.64. The number of ketones is 1. The van der Waals surface area contributed by atoms with E-state index in [0.717, 1.165) is 0 Å². The molecule has 0 radical (unpaired) electrons. The summed E-state index contributed by atoms with van der Waals surface area (Å²) in [4.78, 5) is 11.7. The van der Waals surface area contributed by atoms with E-state index in [0.29, 0.717) is 21.7 Å². The van der Waals surface area contributed by atoms with Crippen molar-refractivity contribution in [3.63, 3.8) is 0 Å². The minimum absolute atomic E-state index is 0.0197. The van der Waals surface area contributed by atoms with Crippen molar-refractivity contribution in [2.75, 3.05) is 0 Å². The quantitative estimate of drug-likeness (QED) is 0.674. The predicted molar refractivity (Wildman–Crippen MR) is 63.6 cm³/mol. The first-order valence-corrected chi connectivity index (χ1v) is 5.40. The van der Waals surface area contributed by atoms with Crippen LogP contribution >= 0.6 is 23.2 Å². The molecule has 0 unspecified atom stereocenters. The van der Waals surface area contributed by atoms with Gasteiger partial charge in [-0.25, -0.2) is 0 Å². The van der Waals surface area contributed by atoms with E-state index in [-0.39, 0.29) is 22.8 Å². The Morgan fingerprint density at radius 1 is 1.24 bits per heavy atom. The minimum Gasteiger partial charge on any atom is -0.294 e. The van der Waals surface area contributed by atoms with Crippen LogP contribution in [0, 0.1) is 22.7 Å². The molecule has 0 aliphatic heterocycles. The largest absolute Gasteiger partial charge is 0.294 e. The number of carbonyl (C=O) groups excluding carboxylic acids is 1. The molecule has 0 N–H and O–H groups in total. The Kier molecular flexibility index (Phi) is 2.90. The molecule has 1 aliphatic carbocycles. The van der Waals surface area contributed by atoms with Gasteiger partial charge in [-0.15, -0.1) is 0 Å². The highest BCUT2D eigenvalue weighted by molar-refractivity contribution is 6.44. The summed E-state index contributed by atoms with van der Waals surface area (Å²) in [6.07, 6.45) is 0.0197. The molecule has 0 amide bonds. The third-order valence-corrected chi connectivity index (χ3v) is 3.36. The van der Waals surface area contributed by atoms with Crippen molar-refractivity contribution < 1.29 is 4.79 Å². The highest BCUT2D eigenvalue weighted by Gasteiger charge is 2.30. The van der Waals surface area contributed by atoms with E-state index in [4.69, 9.17) is 33.7 Å². The fourth-order valence-electron chi connectivity index (χ4n) is 1.80. The van der Waals surface area contributed by atoms with Crippen LogP contribution in [0.5, 0.6) is 0 Å². The van der Waals surface area contributed by atoms with Gasteiger partial charge in [0.25, 0.3) is 0 Å². The van der Waals surface area contributed by atoms with Crippen LogP contribution < -0.4 is 0 Å². The van der Waals surface area contributed by atoms with Crippen molar-refractivity contribution >= 4 is 34.6 Å². The van der Waals surface area contributed by atoms with E-state index in [9.17, 15) is 4.79 Å². The molecule has 1 aliphatic rings. The lowest BCUT2D eigenvalue weighted by molar-refractivity contribution is 0.100. The number of halogens is 2. The Morgan fingerprint density at radius 2 is 1.88 bits per heavy atom. The van der Waals surface area contributed by atoms with Gasteiger partial charge < -0.3 is 0 Å². The van der Waals surface area contributed by atoms with Gasteiger partial charge in [-0.3, -0.25) is 4.79 Å². The zero-order chi connectivity index (χ0) is 12.6. The second kappa shape index (κ2) is 4.22. The van der Waals surface area contributed by atoms with Crippen LogP contribution in [0.1, 0.15) is 22.3 Å². The maximum absolute atomic E-state index is 11.7. The lowest BCUT2D eigenvalue weighted by Crippen LogP contribution is -1.90. The zero-order valence-corrected chi connectivity index (χ0v) is 9.93. The molecule has 0 bridgehead atoms. The normalized spacial score (nSPS) is 12.9. The van der Waals surface area contributed by atoms with E-state index in [1.165, 1.54) is 6.07 Å². The van der Waals surface area contributed by atoms with Crippen LogP contribution in [0.4, 0.5) is 0 Å². The van der Waals surface area contributed by atoms with Gasteiger partial charge in [-0.1, -0.05) is 23.2 Å². The molecule has 0 fully saturated rings. The summed E-state index contributed by atoms with van der Waals surface area (Å²) in [5.41, 5.74) is 1.10. The summed E-state index contributed by atoms with van der Waals surface area (Å²) < 4.78 is 0. The van der Waals surface area contributed by atoms with E-state index < -0.39 is 0 Å². The summed E-state index contributed by atoms with van der Waals surface area (Å²) in [7, 11) is 0. The Hall–Kier alpha value is -1.81. The van der Waals surface area contributed by atoms with Gasteiger partial charge in [0.05, 0.1) is 10.0 Å². The third-order valence-electron chi connectivity index (χ3n) is 2.56. The Labute approximate surface area is 107 Å². The maximum Gasteiger partial charge on any atom is 0.167 e. The zero-order valence-electron chi connectivity index (χ0n) is 8.42. The molecular weight excluding hydrogens is 259 g/mol. The topological polar surface area (TPSA) is 64.7 Å². The summed E-state index contributed by atoms with van der Waals surface area (Å²) >= 11 is 11.9. The molecule has 1 aromatic carbocycles. The van der Waals surface area contributed by atoms with Crippen LogP contribution in [0.2, 0.25) is 10.0 Å². The molecule has 0 atom stereocenters. The first kappa shape index (κ1) is 11.7. The van der Waals surface area contributed by atoms with Gasteiger partial charge in [-0.2, -0.15) is 10.5 Å². The average molecular weight is 263 g/mol. The number of hydrogen-bond acceptors (Lipinski definition) is 3. The molecule has 0 heterocycles. The van der Waals surface area contributed by atoms with Gasteiger partial charge in [0, 0.05) is 17.5 Å². The predicted octanol–water partition coefficient (Wildman–Crippen LogP) is 3.38. The number of nitriles is 2. The van der Waals surface area contributed by atoms with Gasteiger partial charge in [-0.05, 0) is 17.7 Å². The van der Waals surface area contributed by atoms with Crippen LogP contribution in [-0.4, -0.2) is 5.78 Å². The van der Waals surface area contributed by atoms with Crippen molar-refractivity contribution in [3.8, 4) is 12.1 Å². The van der Waals surface area contributed by atoms with Crippen molar-refractivity contribution in [3.05, 3.63) is 38.9 Å². The van der Waals surface area contributed by atoms with Gasteiger partial charge >= 0.3 is 0 Å². The number of carbonyl (C=O) groups is 1. The fourth-order valence-corrected chi connectivity index (χ4v) is 2.23. The molecule has 1 aromatic rings. The SMILES string of the molecule is N#CC(C#N)=C1CC(=O)c2ccc(Cl)c(Cl)c21. The van der Waals surface area contributed by atoms with Crippen LogP contribution in [0.3, 0.4) is 0 Å². The van der Waals surface area contributed by atoms with Gasteiger partial charge in [0.1, 0.15) is 17.7 Å². The van der Waals surface area contributed by atoms with E-state index in [1.54, 1.807) is 18.2 Å². The van der Waals surface area contributed by atoms with Crippen LogP contribution in [0.25, 0.3) is 5.57 Å². The Balaban J connectivity index is 2.84. The summed E-state index contributed by atoms with van der Waals surface area (Å²) in [5, 5.41) is 18.2. The number of rotatable bonds is 0. The molecule has 5 heteroatoms. The van der Waals surface area contributed by atoms with Gasteiger partial charge in [0.15, 0.2) is 5.78 Å². The van der Waals surface area contributed by atoms with Crippen molar-refractivity contribution in [2.24, 2.45) is 0 Å². The summed E-state index contributed by atoms with van der Waals surface area (Å²) in [6, 6.07) is 6.62. The Bertz CT molecular complexity index is 632. The van der Waals surface area contributed by atoms with E-state index in [2.05, 4.69) is 0 Å². The lowest BCUT2D eigenvalue weighted by atomic mass is 10.0. The first-order chi connectivity index (χ1) is 8.10. The highest BCUT2D eigenvalue weighted by Crippen LogP contribution is 2.41. The molecular formula is C12H4Cl2N2O. The second-order valence-corrected chi connectivity index (χ2v) is 4.25. The number of benzene rings is 1. The molecule has 82 valence electrons. The van der Waals surface area contributed by atoms with Crippen molar-refractivity contribution in [1.82, 2.24) is 0 Å². The molecule has 0 saturated carbocycles. The number of hydrogen-bond donors (Lipinski definition) is 0. The maximum atomic E-state index is 11.7. The van der Waals surface area contributed by atoms with E-state index >= 15 is 0 Å². The van der Waals surface area contributed by atoms with Crippen LogP contribution in [0.15, 0.2) is 17.7 Å². The molecule has 0 aromatic heterocycles. The highest BCUT2D eigenvalue weighted by atomic mass is 35.5. The first-order valence-electron chi connectivity index (χ1n) is 4.65. The Morgan fingerprint density at radius 3 is 2.47 bits per heavy atom. The minimum atomic E-state index is -0.156. The van der Waals surface area contributed by atoms with Gasteiger partial charge in [0.2, 0.25) is 0 Å². The molecule has 0 spiro atoms. The molecule has 17 heavy (non-hydrogen) atoms. The number of fused-ring (bicyclic) bond motifs is 1. The third kappa shape index (κ3) is 1.70.